The zero-order valence-electron chi connectivity index (χ0n) is 9.64. The molecule has 0 aromatic heterocycles. The highest BCUT2D eigenvalue weighted by Crippen LogP contribution is 2.45. The van der Waals surface area contributed by atoms with Gasteiger partial charge in [-0.3, -0.25) is 4.79 Å². The van der Waals surface area contributed by atoms with Gasteiger partial charge in [-0.2, -0.15) is 11.8 Å². The maximum Gasteiger partial charge on any atom is 0.149 e. The summed E-state index contributed by atoms with van der Waals surface area (Å²) in [6, 6.07) is 0. The van der Waals surface area contributed by atoms with Crippen LogP contribution in [0, 0.1) is 5.92 Å². The average molecular weight is 214 g/mol. The highest BCUT2D eigenvalue weighted by atomic mass is 32.2. The fourth-order valence-corrected chi connectivity index (χ4v) is 3.71. The molecule has 0 bridgehead atoms. The summed E-state index contributed by atoms with van der Waals surface area (Å²) in [6.07, 6.45) is 8.84. The largest absolute Gasteiger partial charge is 0.298 e. The molecule has 82 valence electrons. The Hall–Kier alpha value is 0.0200. The maximum atomic E-state index is 11.9. The Morgan fingerprint density at radius 3 is 2.64 bits per heavy atom. The summed E-state index contributed by atoms with van der Waals surface area (Å²) in [4.78, 5) is 11.9. The van der Waals surface area contributed by atoms with E-state index in [9.17, 15) is 4.79 Å². The number of hydrogen-bond donors (Lipinski definition) is 0. The number of hydrogen-bond acceptors (Lipinski definition) is 2. The van der Waals surface area contributed by atoms with Crippen LogP contribution < -0.4 is 0 Å². The molecule has 0 aromatic rings. The van der Waals surface area contributed by atoms with Crippen molar-refractivity contribution in [2.75, 3.05) is 6.26 Å². The van der Waals surface area contributed by atoms with Crippen molar-refractivity contribution in [3.8, 4) is 0 Å². The molecule has 1 aliphatic carbocycles. The summed E-state index contributed by atoms with van der Waals surface area (Å²) in [5.74, 6) is 1.09. The first-order valence-corrected chi connectivity index (χ1v) is 6.98. The molecule has 0 aromatic carbocycles. The lowest BCUT2D eigenvalue weighted by Gasteiger charge is -2.30. The van der Waals surface area contributed by atoms with Gasteiger partial charge in [-0.1, -0.05) is 33.1 Å². The van der Waals surface area contributed by atoms with Crippen molar-refractivity contribution in [3.63, 3.8) is 0 Å². The van der Waals surface area contributed by atoms with E-state index in [0.717, 1.165) is 19.3 Å². The van der Waals surface area contributed by atoms with Crippen molar-refractivity contribution in [3.05, 3.63) is 0 Å². The van der Waals surface area contributed by atoms with E-state index in [2.05, 4.69) is 20.1 Å². The third kappa shape index (κ3) is 2.16. The highest BCUT2D eigenvalue weighted by molar-refractivity contribution is 8.00. The van der Waals surface area contributed by atoms with Gasteiger partial charge >= 0.3 is 0 Å². The van der Waals surface area contributed by atoms with Crippen molar-refractivity contribution < 1.29 is 4.79 Å². The summed E-state index contributed by atoms with van der Waals surface area (Å²) < 4.78 is -0.0187. The van der Waals surface area contributed by atoms with Gasteiger partial charge in [0.25, 0.3) is 0 Å². The number of Topliss-reactive ketones (excluding diaryl/α,β-unsaturated/α-hetero) is 1. The Morgan fingerprint density at radius 1 is 1.50 bits per heavy atom. The van der Waals surface area contributed by atoms with Crippen LogP contribution >= 0.6 is 11.8 Å². The predicted molar refractivity (Wildman–Crippen MR) is 63.8 cm³/mol. The fourth-order valence-electron chi connectivity index (χ4n) is 2.51. The van der Waals surface area contributed by atoms with Crippen LogP contribution in [-0.2, 0) is 4.79 Å². The van der Waals surface area contributed by atoms with Gasteiger partial charge in [-0.15, -0.1) is 0 Å². The smallest absolute Gasteiger partial charge is 0.149 e. The molecule has 0 radical (unpaired) electrons. The molecule has 1 saturated carbocycles. The van der Waals surface area contributed by atoms with Crippen LogP contribution in [0.15, 0.2) is 0 Å². The zero-order valence-corrected chi connectivity index (χ0v) is 10.5. The molecule has 0 saturated heterocycles. The molecule has 0 N–H and O–H groups in total. The number of unbranched alkanes of at least 4 members (excludes halogenated alkanes) is 2. The van der Waals surface area contributed by atoms with E-state index in [1.54, 1.807) is 11.8 Å². The van der Waals surface area contributed by atoms with Crippen LogP contribution in [0.1, 0.15) is 52.4 Å². The van der Waals surface area contributed by atoms with Crippen molar-refractivity contribution in [1.29, 1.82) is 0 Å². The molecule has 0 amide bonds. The molecule has 0 aliphatic heterocycles. The molecule has 2 atom stereocenters. The second kappa shape index (κ2) is 5.20. The lowest BCUT2D eigenvalue weighted by atomic mass is 9.90. The summed E-state index contributed by atoms with van der Waals surface area (Å²) in [5.41, 5.74) is 0. The topological polar surface area (TPSA) is 17.1 Å². The van der Waals surface area contributed by atoms with E-state index in [-0.39, 0.29) is 4.75 Å². The monoisotopic (exact) mass is 214 g/mol. The third-order valence-corrected chi connectivity index (χ3v) is 5.15. The van der Waals surface area contributed by atoms with Crippen LogP contribution in [0.3, 0.4) is 0 Å². The second-order valence-electron chi connectivity index (χ2n) is 4.41. The van der Waals surface area contributed by atoms with E-state index in [1.165, 1.54) is 19.3 Å². The van der Waals surface area contributed by atoms with E-state index >= 15 is 0 Å². The molecule has 0 heterocycles. The van der Waals surface area contributed by atoms with Gasteiger partial charge in [0, 0.05) is 6.42 Å². The Bertz CT molecular complexity index is 202. The van der Waals surface area contributed by atoms with Gasteiger partial charge in [0.1, 0.15) is 5.78 Å². The Labute approximate surface area is 92.0 Å². The number of rotatable bonds is 5. The number of ketones is 1. The average Bonchev–Trinajstić information content (AvgIpc) is 2.46. The molecular formula is C12H22OS. The quantitative estimate of drug-likeness (QED) is 0.650. The lowest BCUT2D eigenvalue weighted by molar-refractivity contribution is -0.119. The molecule has 1 nitrogen and oxygen atoms in total. The molecule has 14 heavy (non-hydrogen) atoms. The normalized spacial score (nSPS) is 32.5. The third-order valence-electron chi connectivity index (χ3n) is 3.59. The summed E-state index contributed by atoms with van der Waals surface area (Å²) in [7, 11) is 0. The van der Waals surface area contributed by atoms with Gasteiger partial charge in [-0.05, 0) is 25.0 Å². The van der Waals surface area contributed by atoms with Gasteiger partial charge in [0.05, 0.1) is 4.75 Å². The van der Waals surface area contributed by atoms with Crippen LogP contribution in [0.25, 0.3) is 0 Å². The lowest BCUT2D eigenvalue weighted by Crippen LogP contribution is -2.35. The second-order valence-corrected chi connectivity index (χ2v) is 5.55. The first kappa shape index (κ1) is 12.1. The molecule has 2 unspecified atom stereocenters. The first-order valence-electron chi connectivity index (χ1n) is 5.75. The number of carbonyl (C=O) groups excluding carboxylic acids is 1. The minimum atomic E-state index is -0.0187. The van der Waals surface area contributed by atoms with Crippen LogP contribution in [-0.4, -0.2) is 16.8 Å². The molecule has 1 fully saturated rings. The molecular weight excluding hydrogens is 192 g/mol. The Morgan fingerprint density at radius 2 is 2.21 bits per heavy atom. The van der Waals surface area contributed by atoms with Crippen LogP contribution in [0.4, 0.5) is 0 Å². The van der Waals surface area contributed by atoms with Crippen molar-refractivity contribution in [2.24, 2.45) is 5.92 Å². The van der Waals surface area contributed by atoms with Crippen molar-refractivity contribution in [2.45, 2.75) is 57.1 Å². The van der Waals surface area contributed by atoms with E-state index < -0.39 is 0 Å². The maximum absolute atomic E-state index is 11.9. The fraction of sp³-hybridized carbons (Fsp3) is 0.917. The Balaban J connectivity index is 2.59. The Kier molecular flexibility index (Phi) is 4.49. The summed E-state index contributed by atoms with van der Waals surface area (Å²) in [5, 5.41) is 0. The molecule has 0 spiro atoms. The molecule has 2 heteroatoms. The van der Waals surface area contributed by atoms with Crippen LogP contribution in [0.2, 0.25) is 0 Å². The predicted octanol–water partition coefficient (Wildman–Crippen LogP) is 3.67. The number of thioether (sulfide) groups is 1. The molecule has 1 rings (SSSR count). The summed E-state index contributed by atoms with van der Waals surface area (Å²) in [6.45, 7) is 4.46. The van der Waals surface area contributed by atoms with Crippen molar-refractivity contribution >= 4 is 17.5 Å². The standard InChI is InChI=1S/C12H22OS/c1-4-5-6-9-12(14-3)10(2)7-8-11(12)13/h10H,4-9H2,1-3H3. The SMILES string of the molecule is CCCCCC1(SC)C(=O)CCC1C. The van der Waals surface area contributed by atoms with Crippen molar-refractivity contribution in [1.82, 2.24) is 0 Å². The van der Waals surface area contributed by atoms with Gasteiger partial charge in [0.2, 0.25) is 0 Å². The van der Waals surface area contributed by atoms with Gasteiger partial charge < -0.3 is 0 Å². The summed E-state index contributed by atoms with van der Waals surface area (Å²) >= 11 is 1.80. The van der Waals surface area contributed by atoms with E-state index in [1.807, 2.05) is 0 Å². The van der Waals surface area contributed by atoms with Gasteiger partial charge in [0.15, 0.2) is 0 Å². The minimum Gasteiger partial charge on any atom is -0.298 e. The number of carbonyl (C=O) groups is 1. The minimum absolute atomic E-state index is 0.0187. The zero-order chi connectivity index (χ0) is 10.6. The van der Waals surface area contributed by atoms with Gasteiger partial charge in [-0.25, -0.2) is 0 Å². The van der Waals surface area contributed by atoms with E-state index in [0.29, 0.717) is 11.7 Å². The molecule has 1 aliphatic rings. The highest BCUT2D eigenvalue weighted by Gasteiger charge is 2.46. The van der Waals surface area contributed by atoms with E-state index in [4.69, 9.17) is 0 Å². The first-order chi connectivity index (χ1) is 6.67. The van der Waals surface area contributed by atoms with Crippen LogP contribution in [0.5, 0.6) is 0 Å².